The molecule has 1 aliphatic heterocycles. The summed E-state index contributed by atoms with van der Waals surface area (Å²) < 4.78 is 6.20. The van der Waals surface area contributed by atoms with Crippen LogP contribution in [0.15, 0.2) is 28.7 Å². The van der Waals surface area contributed by atoms with Crippen molar-refractivity contribution >= 4 is 21.9 Å². The second-order valence-corrected chi connectivity index (χ2v) is 4.98. The molecule has 0 bridgehead atoms. The number of benzene rings is 1. The highest BCUT2D eigenvalue weighted by Gasteiger charge is 2.28. The lowest BCUT2D eigenvalue weighted by Gasteiger charge is -2.17. The number of ether oxygens (including phenoxy) is 1. The molecule has 2 atom stereocenters. The summed E-state index contributed by atoms with van der Waals surface area (Å²) in [6.07, 6.45) is 1.87. The first-order valence-corrected chi connectivity index (χ1v) is 6.14. The zero-order chi connectivity index (χ0) is 11.5. The fraction of sp³-hybridized carbons (Fsp3) is 0.417. The molecule has 3 nitrogen and oxygen atoms in total. The first-order valence-electron chi connectivity index (χ1n) is 5.34. The molecule has 0 saturated carbocycles. The Hall–Kier alpha value is -0.870. The zero-order valence-corrected chi connectivity index (χ0v) is 10.4. The highest BCUT2D eigenvalue weighted by atomic mass is 79.9. The molecule has 2 N–H and O–H groups in total. The number of rotatable bonds is 3. The summed E-state index contributed by atoms with van der Waals surface area (Å²) >= 11 is 3.39. The predicted molar refractivity (Wildman–Crippen MR) is 64.9 cm³/mol. The first kappa shape index (κ1) is 11.6. The Morgan fingerprint density at radius 3 is 2.69 bits per heavy atom. The summed E-state index contributed by atoms with van der Waals surface area (Å²) in [5, 5.41) is 0. The van der Waals surface area contributed by atoms with Crippen molar-refractivity contribution in [3.05, 3.63) is 34.3 Å². The largest absolute Gasteiger partial charge is 0.461 e. The maximum absolute atomic E-state index is 11.0. The van der Waals surface area contributed by atoms with E-state index < -0.39 is 0 Å². The number of esters is 1. The smallest absolute Gasteiger partial charge is 0.306 e. The number of cyclic esters (lactones) is 1. The minimum absolute atomic E-state index is 0.104. The van der Waals surface area contributed by atoms with Crippen LogP contribution >= 0.6 is 15.9 Å². The topological polar surface area (TPSA) is 52.3 Å². The SMILES string of the molecule is N[C@@H](Cc1ccc(Br)cc1)[C@@H]1CCC(=O)O1. The summed E-state index contributed by atoms with van der Waals surface area (Å²) in [5.74, 6) is -0.128. The highest BCUT2D eigenvalue weighted by Crippen LogP contribution is 2.19. The molecule has 2 rings (SSSR count). The van der Waals surface area contributed by atoms with E-state index in [-0.39, 0.29) is 18.1 Å². The third-order valence-corrected chi connectivity index (χ3v) is 3.31. The van der Waals surface area contributed by atoms with E-state index in [1.54, 1.807) is 0 Å². The summed E-state index contributed by atoms with van der Waals surface area (Å²) in [7, 11) is 0. The predicted octanol–water partition coefficient (Wildman–Crippen LogP) is 2.02. The summed E-state index contributed by atoms with van der Waals surface area (Å²) in [4.78, 5) is 11.0. The maximum Gasteiger partial charge on any atom is 0.306 e. The summed E-state index contributed by atoms with van der Waals surface area (Å²) in [6.45, 7) is 0. The van der Waals surface area contributed by atoms with Crippen molar-refractivity contribution in [1.29, 1.82) is 0 Å². The molecule has 1 saturated heterocycles. The van der Waals surface area contributed by atoms with E-state index in [1.165, 1.54) is 5.56 Å². The lowest BCUT2D eigenvalue weighted by Crippen LogP contribution is -2.36. The van der Waals surface area contributed by atoms with Crippen molar-refractivity contribution in [2.75, 3.05) is 0 Å². The number of carbonyl (C=O) groups is 1. The third-order valence-electron chi connectivity index (χ3n) is 2.78. The fourth-order valence-corrected chi connectivity index (χ4v) is 2.14. The van der Waals surface area contributed by atoms with E-state index in [9.17, 15) is 4.79 Å². The number of hydrogen-bond acceptors (Lipinski definition) is 3. The molecule has 1 fully saturated rings. The van der Waals surface area contributed by atoms with Crippen LogP contribution in [-0.4, -0.2) is 18.1 Å². The number of carbonyl (C=O) groups excluding carboxylic acids is 1. The van der Waals surface area contributed by atoms with Crippen LogP contribution in [0, 0.1) is 0 Å². The number of hydrogen-bond donors (Lipinski definition) is 1. The zero-order valence-electron chi connectivity index (χ0n) is 8.86. The average molecular weight is 284 g/mol. The standard InChI is InChI=1S/C12H14BrNO2/c13-9-3-1-8(2-4-9)7-10(14)11-5-6-12(15)16-11/h1-4,10-11H,5-7,14H2/t10-,11-/m0/s1. The van der Waals surface area contributed by atoms with Crippen LogP contribution in [0.25, 0.3) is 0 Å². The Kier molecular flexibility index (Phi) is 3.61. The number of nitrogens with two attached hydrogens (primary N) is 1. The Balaban J connectivity index is 1.94. The molecule has 1 aromatic rings. The van der Waals surface area contributed by atoms with E-state index in [4.69, 9.17) is 10.5 Å². The van der Waals surface area contributed by atoms with Gasteiger partial charge in [-0.05, 0) is 30.5 Å². The van der Waals surface area contributed by atoms with Gasteiger partial charge >= 0.3 is 5.97 Å². The van der Waals surface area contributed by atoms with Crippen molar-refractivity contribution in [3.63, 3.8) is 0 Å². The van der Waals surface area contributed by atoms with Crippen LogP contribution in [0.2, 0.25) is 0 Å². The maximum atomic E-state index is 11.0. The molecule has 0 spiro atoms. The van der Waals surface area contributed by atoms with Gasteiger partial charge in [0.1, 0.15) is 6.10 Å². The molecule has 0 aromatic heterocycles. The number of halogens is 1. The van der Waals surface area contributed by atoms with E-state index in [0.717, 1.165) is 17.3 Å². The van der Waals surface area contributed by atoms with Gasteiger partial charge in [0, 0.05) is 16.9 Å². The molecule has 86 valence electrons. The fourth-order valence-electron chi connectivity index (χ4n) is 1.87. The lowest BCUT2D eigenvalue weighted by molar-refractivity contribution is -0.142. The van der Waals surface area contributed by atoms with Gasteiger partial charge in [0.25, 0.3) is 0 Å². The first-order chi connectivity index (χ1) is 7.65. The van der Waals surface area contributed by atoms with Crippen LogP contribution in [0.5, 0.6) is 0 Å². The molecule has 0 aliphatic carbocycles. The molecule has 0 unspecified atom stereocenters. The Bertz CT molecular complexity index is 377. The van der Waals surface area contributed by atoms with Crippen molar-refractivity contribution < 1.29 is 9.53 Å². The monoisotopic (exact) mass is 283 g/mol. The molecule has 0 amide bonds. The molecular weight excluding hydrogens is 270 g/mol. The minimum Gasteiger partial charge on any atom is -0.461 e. The van der Waals surface area contributed by atoms with Gasteiger partial charge in [-0.1, -0.05) is 28.1 Å². The van der Waals surface area contributed by atoms with Gasteiger partial charge in [-0.25, -0.2) is 0 Å². The molecule has 16 heavy (non-hydrogen) atoms. The Morgan fingerprint density at radius 2 is 2.12 bits per heavy atom. The van der Waals surface area contributed by atoms with Gasteiger partial charge in [0.2, 0.25) is 0 Å². The average Bonchev–Trinajstić information content (AvgIpc) is 2.68. The van der Waals surface area contributed by atoms with Gasteiger partial charge in [0.05, 0.1) is 0 Å². The quantitative estimate of drug-likeness (QED) is 0.864. The normalized spacial score (nSPS) is 21.9. The van der Waals surface area contributed by atoms with E-state index >= 15 is 0 Å². The second kappa shape index (κ2) is 4.97. The van der Waals surface area contributed by atoms with Crippen LogP contribution in [0.1, 0.15) is 18.4 Å². The molecule has 0 radical (unpaired) electrons. The summed E-state index contributed by atoms with van der Waals surface area (Å²) in [5.41, 5.74) is 7.19. The molecule has 1 aliphatic rings. The summed E-state index contributed by atoms with van der Waals surface area (Å²) in [6, 6.07) is 7.93. The van der Waals surface area contributed by atoms with Crippen LogP contribution < -0.4 is 5.73 Å². The van der Waals surface area contributed by atoms with Gasteiger partial charge in [-0.15, -0.1) is 0 Å². The molecule has 1 aromatic carbocycles. The van der Waals surface area contributed by atoms with E-state index in [0.29, 0.717) is 6.42 Å². The van der Waals surface area contributed by atoms with Crippen molar-refractivity contribution in [1.82, 2.24) is 0 Å². The molecular formula is C12H14BrNO2. The van der Waals surface area contributed by atoms with Gasteiger partial charge in [-0.3, -0.25) is 4.79 Å². The van der Waals surface area contributed by atoms with Gasteiger partial charge in [-0.2, -0.15) is 0 Å². The van der Waals surface area contributed by atoms with Crippen LogP contribution in [0.3, 0.4) is 0 Å². The van der Waals surface area contributed by atoms with Crippen molar-refractivity contribution in [2.45, 2.75) is 31.4 Å². The molecule has 4 heteroatoms. The van der Waals surface area contributed by atoms with E-state index in [2.05, 4.69) is 15.9 Å². The minimum atomic E-state index is -0.128. The van der Waals surface area contributed by atoms with E-state index in [1.807, 2.05) is 24.3 Å². The van der Waals surface area contributed by atoms with Gasteiger partial charge < -0.3 is 10.5 Å². The third kappa shape index (κ3) is 2.83. The van der Waals surface area contributed by atoms with Crippen LogP contribution in [-0.2, 0) is 16.0 Å². The highest BCUT2D eigenvalue weighted by molar-refractivity contribution is 9.10. The van der Waals surface area contributed by atoms with Crippen molar-refractivity contribution in [2.24, 2.45) is 5.73 Å². The second-order valence-electron chi connectivity index (χ2n) is 4.06. The van der Waals surface area contributed by atoms with Crippen molar-refractivity contribution in [3.8, 4) is 0 Å². The Morgan fingerprint density at radius 1 is 1.44 bits per heavy atom. The van der Waals surface area contributed by atoms with Gasteiger partial charge in [0.15, 0.2) is 0 Å². The molecule has 1 heterocycles. The van der Waals surface area contributed by atoms with Crippen LogP contribution in [0.4, 0.5) is 0 Å². The lowest BCUT2D eigenvalue weighted by atomic mass is 10.0. The Labute approximate surface area is 103 Å².